The summed E-state index contributed by atoms with van der Waals surface area (Å²) in [7, 11) is 0. The molecular formula is C18H16BrNO2. The Labute approximate surface area is 137 Å². The van der Waals surface area contributed by atoms with E-state index in [1.54, 1.807) is 6.07 Å². The summed E-state index contributed by atoms with van der Waals surface area (Å²) in [6.07, 6.45) is 0.904. The number of alkyl halides is 1. The number of aromatic nitrogens is 1. The molecule has 0 radical (unpaired) electrons. The first kappa shape index (κ1) is 14.9. The van der Waals surface area contributed by atoms with Crippen molar-refractivity contribution >= 4 is 26.8 Å². The van der Waals surface area contributed by atoms with E-state index in [0.29, 0.717) is 12.4 Å². The third-order valence-electron chi connectivity index (χ3n) is 3.55. The Bertz CT molecular complexity index is 827. The Morgan fingerprint density at radius 3 is 2.59 bits per heavy atom. The van der Waals surface area contributed by atoms with Gasteiger partial charge in [0.2, 0.25) is 5.56 Å². The maximum Gasteiger partial charge on any atom is 0.248 e. The predicted octanol–water partition coefficient (Wildman–Crippen LogP) is 4.04. The lowest BCUT2D eigenvalue weighted by Gasteiger charge is -2.12. The molecule has 0 aliphatic heterocycles. The molecule has 0 fully saturated rings. The van der Waals surface area contributed by atoms with Crippen molar-refractivity contribution in [2.75, 3.05) is 5.33 Å². The highest BCUT2D eigenvalue weighted by Gasteiger charge is 2.08. The van der Waals surface area contributed by atoms with Gasteiger partial charge < -0.3 is 9.72 Å². The fraction of sp³-hybridized carbons (Fsp3) is 0.167. The molecule has 1 N–H and O–H groups in total. The van der Waals surface area contributed by atoms with Gasteiger partial charge in [0.15, 0.2) is 0 Å². The van der Waals surface area contributed by atoms with E-state index in [4.69, 9.17) is 4.74 Å². The average Bonchev–Trinajstić information content (AvgIpc) is 2.55. The van der Waals surface area contributed by atoms with Crippen LogP contribution in [0.2, 0.25) is 0 Å². The first-order chi connectivity index (χ1) is 10.8. The number of pyridine rings is 1. The Hall–Kier alpha value is -2.07. The van der Waals surface area contributed by atoms with Crippen LogP contribution in [0.4, 0.5) is 0 Å². The molecule has 0 amide bonds. The van der Waals surface area contributed by atoms with Crippen molar-refractivity contribution in [1.29, 1.82) is 0 Å². The lowest BCUT2D eigenvalue weighted by atomic mass is 10.1. The second kappa shape index (κ2) is 6.79. The summed E-state index contributed by atoms with van der Waals surface area (Å²) in [6, 6.07) is 17.4. The van der Waals surface area contributed by atoms with E-state index < -0.39 is 0 Å². The first-order valence-corrected chi connectivity index (χ1v) is 8.27. The minimum absolute atomic E-state index is 0.118. The molecule has 22 heavy (non-hydrogen) atoms. The quantitative estimate of drug-likeness (QED) is 0.700. The zero-order valence-corrected chi connectivity index (χ0v) is 13.6. The van der Waals surface area contributed by atoms with Crippen LogP contribution >= 0.6 is 15.9 Å². The fourth-order valence-electron chi connectivity index (χ4n) is 2.46. The molecule has 0 aliphatic rings. The van der Waals surface area contributed by atoms with Crippen LogP contribution in [-0.4, -0.2) is 10.3 Å². The summed E-state index contributed by atoms with van der Waals surface area (Å²) < 4.78 is 5.91. The summed E-state index contributed by atoms with van der Waals surface area (Å²) in [5.41, 5.74) is 2.93. The number of nitrogens with one attached hydrogen (secondary N) is 1. The number of halogens is 1. The molecule has 1 heterocycles. The third kappa shape index (κ3) is 3.22. The highest BCUT2D eigenvalue weighted by molar-refractivity contribution is 9.09. The van der Waals surface area contributed by atoms with E-state index in [1.165, 1.54) is 5.56 Å². The van der Waals surface area contributed by atoms with Gasteiger partial charge in [-0.1, -0.05) is 52.3 Å². The zero-order chi connectivity index (χ0) is 15.4. The van der Waals surface area contributed by atoms with Crippen molar-refractivity contribution in [3.63, 3.8) is 0 Å². The third-order valence-corrected chi connectivity index (χ3v) is 3.94. The van der Waals surface area contributed by atoms with Gasteiger partial charge >= 0.3 is 0 Å². The minimum Gasteiger partial charge on any atom is -0.487 e. The molecule has 3 rings (SSSR count). The maximum absolute atomic E-state index is 11.7. The van der Waals surface area contributed by atoms with Crippen molar-refractivity contribution in [2.45, 2.75) is 13.0 Å². The smallest absolute Gasteiger partial charge is 0.248 e. The number of benzene rings is 2. The van der Waals surface area contributed by atoms with Crippen LogP contribution in [0.1, 0.15) is 11.1 Å². The molecule has 3 nitrogen and oxygen atoms in total. The van der Waals surface area contributed by atoms with Gasteiger partial charge in [0, 0.05) is 16.8 Å². The summed E-state index contributed by atoms with van der Waals surface area (Å²) >= 11 is 3.46. The van der Waals surface area contributed by atoms with Crippen molar-refractivity contribution in [3.8, 4) is 5.75 Å². The molecule has 112 valence electrons. The van der Waals surface area contributed by atoms with Crippen LogP contribution in [0.25, 0.3) is 10.9 Å². The topological polar surface area (TPSA) is 42.1 Å². The first-order valence-electron chi connectivity index (χ1n) is 7.15. The Morgan fingerprint density at radius 2 is 1.82 bits per heavy atom. The maximum atomic E-state index is 11.7. The summed E-state index contributed by atoms with van der Waals surface area (Å²) in [4.78, 5) is 14.6. The van der Waals surface area contributed by atoms with E-state index in [1.807, 2.05) is 42.5 Å². The van der Waals surface area contributed by atoms with E-state index in [-0.39, 0.29) is 5.56 Å². The van der Waals surface area contributed by atoms with Gasteiger partial charge in [0.05, 0.1) is 5.52 Å². The van der Waals surface area contributed by atoms with Crippen LogP contribution < -0.4 is 10.3 Å². The molecule has 2 aromatic carbocycles. The largest absolute Gasteiger partial charge is 0.487 e. The zero-order valence-electron chi connectivity index (χ0n) is 12.0. The summed E-state index contributed by atoms with van der Waals surface area (Å²) in [5.74, 6) is 0.704. The highest BCUT2D eigenvalue weighted by Crippen LogP contribution is 2.27. The van der Waals surface area contributed by atoms with Gasteiger partial charge in [-0.2, -0.15) is 0 Å². The van der Waals surface area contributed by atoms with Crippen molar-refractivity contribution < 1.29 is 4.74 Å². The van der Waals surface area contributed by atoms with Gasteiger partial charge in [-0.3, -0.25) is 4.79 Å². The minimum atomic E-state index is -0.118. The van der Waals surface area contributed by atoms with E-state index in [0.717, 1.165) is 28.2 Å². The average molecular weight is 358 g/mol. The van der Waals surface area contributed by atoms with Gasteiger partial charge in [0.1, 0.15) is 12.4 Å². The lowest BCUT2D eigenvalue weighted by Crippen LogP contribution is -2.06. The van der Waals surface area contributed by atoms with Crippen LogP contribution in [0, 0.1) is 0 Å². The second-order valence-electron chi connectivity index (χ2n) is 5.05. The molecule has 0 aliphatic carbocycles. The molecule has 0 saturated heterocycles. The predicted molar refractivity (Wildman–Crippen MR) is 92.8 cm³/mol. The second-order valence-corrected chi connectivity index (χ2v) is 5.84. The number of hydrogen-bond acceptors (Lipinski definition) is 2. The number of hydrogen-bond donors (Lipinski definition) is 1. The number of fused-ring (bicyclic) bond motifs is 1. The van der Waals surface area contributed by atoms with Gasteiger partial charge in [-0.05, 0) is 29.7 Å². The Morgan fingerprint density at radius 1 is 1.00 bits per heavy atom. The normalized spacial score (nSPS) is 10.8. The van der Waals surface area contributed by atoms with Crippen LogP contribution in [0.15, 0.2) is 59.4 Å². The van der Waals surface area contributed by atoms with Crippen molar-refractivity contribution in [3.05, 3.63) is 76.1 Å². The van der Waals surface area contributed by atoms with Crippen LogP contribution in [-0.2, 0) is 13.0 Å². The summed E-state index contributed by atoms with van der Waals surface area (Å²) in [5, 5.41) is 1.91. The molecule has 0 unspecified atom stereocenters. The molecular weight excluding hydrogens is 342 g/mol. The fourth-order valence-corrected chi connectivity index (χ4v) is 2.89. The SMILES string of the molecule is O=c1ccc2c(CCBr)ccc(OCc3ccccc3)c2[nH]1. The number of H-pyrrole nitrogens is 1. The van der Waals surface area contributed by atoms with E-state index in [2.05, 4.69) is 27.0 Å². The van der Waals surface area contributed by atoms with Crippen LogP contribution in [0.5, 0.6) is 5.75 Å². The Balaban J connectivity index is 1.97. The summed E-state index contributed by atoms with van der Waals surface area (Å²) in [6.45, 7) is 0.477. The number of rotatable bonds is 5. The molecule has 3 aromatic rings. The van der Waals surface area contributed by atoms with Gasteiger partial charge in [-0.15, -0.1) is 0 Å². The van der Waals surface area contributed by atoms with Gasteiger partial charge in [0.25, 0.3) is 0 Å². The number of ether oxygens (including phenoxy) is 1. The van der Waals surface area contributed by atoms with Crippen molar-refractivity contribution in [1.82, 2.24) is 4.98 Å². The number of aromatic amines is 1. The van der Waals surface area contributed by atoms with Crippen LogP contribution in [0.3, 0.4) is 0 Å². The number of aryl methyl sites for hydroxylation is 1. The molecule has 0 saturated carbocycles. The highest BCUT2D eigenvalue weighted by atomic mass is 79.9. The van der Waals surface area contributed by atoms with Gasteiger partial charge in [-0.25, -0.2) is 0 Å². The monoisotopic (exact) mass is 357 g/mol. The Kier molecular flexibility index (Phi) is 4.59. The van der Waals surface area contributed by atoms with E-state index >= 15 is 0 Å². The molecule has 0 atom stereocenters. The molecule has 4 heteroatoms. The lowest BCUT2D eigenvalue weighted by molar-refractivity contribution is 0.309. The molecule has 0 spiro atoms. The standard InChI is InChI=1S/C18H16BrNO2/c19-11-10-14-6-8-16(18-15(14)7-9-17(21)20-18)22-12-13-4-2-1-3-5-13/h1-9H,10-12H2,(H,20,21). The van der Waals surface area contributed by atoms with E-state index in [9.17, 15) is 4.79 Å². The van der Waals surface area contributed by atoms with Crippen molar-refractivity contribution in [2.24, 2.45) is 0 Å². The molecule has 0 bridgehead atoms. The molecule has 1 aromatic heterocycles.